The molecule has 0 saturated heterocycles. The first-order chi connectivity index (χ1) is 16.6. The largest absolute Gasteiger partial charge is 0.497 e. The van der Waals surface area contributed by atoms with Crippen LogP contribution in [0.15, 0.2) is 48.8 Å². The SMILES string of the molecule is CNCCN/C=C(\C=N)c1cnc2ccc(N(CC3CC3)c3cc(OC)cc(OC)c3)cc2n1. The Bertz CT molecular complexity index is 1150. The number of methoxy groups -OCH3 is 2. The summed E-state index contributed by atoms with van der Waals surface area (Å²) >= 11 is 0. The van der Waals surface area contributed by atoms with Crippen molar-refractivity contribution in [3.05, 3.63) is 54.5 Å². The summed E-state index contributed by atoms with van der Waals surface area (Å²) in [6.45, 7) is 2.51. The lowest BCUT2D eigenvalue weighted by molar-refractivity contribution is 0.394. The van der Waals surface area contributed by atoms with Crippen LogP contribution in [0.1, 0.15) is 18.5 Å². The molecule has 0 spiro atoms. The van der Waals surface area contributed by atoms with Gasteiger partial charge in [0.1, 0.15) is 11.5 Å². The fourth-order valence-electron chi connectivity index (χ4n) is 3.74. The number of allylic oxidation sites excluding steroid dienone is 1. The molecular weight excluding hydrogens is 428 g/mol. The van der Waals surface area contributed by atoms with Gasteiger partial charge in [0.2, 0.25) is 0 Å². The molecule has 0 bridgehead atoms. The third-order valence-electron chi connectivity index (χ3n) is 5.85. The van der Waals surface area contributed by atoms with Gasteiger partial charge in [-0.1, -0.05) is 0 Å². The highest BCUT2D eigenvalue weighted by atomic mass is 16.5. The van der Waals surface area contributed by atoms with E-state index in [0.717, 1.165) is 53.5 Å². The Hall–Kier alpha value is -3.65. The predicted molar refractivity (Wildman–Crippen MR) is 138 cm³/mol. The fraction of sp³-hybridized carbons (Fsp3) is 0.346. The Morgan fingerprint density at radius 1 is 1.06 bits per heavy atom. The number of hydrogen-bond acceptors (Lipinski definition) is 8. The van der Waals surface area contributed by atoms with Crippen LogP contribution >= 0.6 is 0 Å². The third-order valence-corrected chi connectivity index (χ3v) is 5.85. The number of nitrogens with zero attached hydrogens (tertiary/aromatic N) is 3. The van der Waals surface area contributed by atoms with E-state index in [0.29, 0.717) is 17.2 Å². The third kappa shape index (κ3) is 5.63. The highest BCUT2D eigenvalue weighted by Gasteiger charge is 2.26. The lowest BCUT2D eigenvalue weighted by atomic mass is 10.1. The number of fused-ring (bicyclic) bond motifs is 1. The smallest absolute Gasteiger partial charge is 0.124 e. The maximum atomic E-state index is 7.82. The number of benzene rings is 2. The molecule has 1 aliphatic rings. The predicted octanol–water partition coefficient (Wildman–Crippen LogP) is 3.99. The number of likely N-dealkylation sites (N-methyl/N-ethyl adjacent to an activating group) is 1. The standard InChI is InChI=1S/C26H32N6O2/c1-28-8-9-29-15-19(14-27)26-16-30-24-7-6-20(12-25(24)31-26)32(17-18-4-5-18)21-10-22(33-2)13-23(11-21)34-3/h6-7,10-16,18,27-29H,4-5,8-9,17H2,1-3H3/b19-15+,27-14?. The van der Waals surface area contributed by atoms with Gasteiger partial charge in [-0.2, -0.15) is 0 Å². The molecule has 8 heteroatoms. The minimum Gasteiger partial charge on any atom is -0.497 e. The minimum absolute atomic E-state index is 0.661. The maximum absolute atomic E-state index is 7.82. The lowest BCUT2D eigenvalue weighted by Crippen LogP contribution is -2.21. The lowest BCUT2D eigenvalue weighted by Gasteiger charge is -2.26. The van der Waals surface area contributed by atoms with E-state index in [1.807, 2.05) is 37.5 Å². The Balaban J connectivity index is 1.70. The molecular formula is C26H32N6O2. The average Bonchev–Trinajstić information content (AvgIpc) is 3.70. The summed E-state index contributed by atoms with van der Waals surface area (Å²) in [6, 6.07) is 12.1. The quantitative estimate of drug-likeness (QED) is 0.278. The highest BCUT2D eigenvalue weighted by molar-refractivity contribution is 6.07. The number of hydrogen-bond donors (Lipinski definition) is 3. The second-order valence-corrected chi connectivity index (χ2v) is 8.35. The molecule has 0 unspecified atom stereocenters. The number of nitrogens with one attached hydrogen (secondary N) is 3. The van der Waals surface area contributed by atoms with Crippen LogP contribution in [0.25, 0.3) is 16.6 Å². The van der Waals surface area contributed by atoms with Crippen LogP contribution in [0.5, 0.6) is 11.5 Å². The zero-order chi connectivity index (χ0) is 23.9. The van der Waals surface area contributed by atoms with Crippen molar-refractivity contribution >= 4 is 34.2 Å². The normalized spacial score (nSPS) is 13.6. The Morgan fingerprint density at radius 2 is 1.82 bits per heavy atom. The summed E-state index contributed by atoms with van der Waals surface area (Å²) in [5.41, 5.74) is 4.99. The second kappa shape index (κ2) is 11.0. The van der Waals surface area contributed by atoms with Crippen molar-refractivity contribution < 1.29 is 9.47 Å². The molecule has 3 aromatic rings. The van der Waals surface area contributed by atoms with E-state index >= 15 is 0 Å². The number of anilines is 2. The molecule has 0 radical (unpaired) electrons. The number of rotatable bonds is 12. The molecule has 0 atom stereocenters. The van der Waals surface area contributed by atoms with E-state index in [-0.39, 0.29) is 0 Å². The van der Waals surface area contributed by atoms with Crippen LogP contribution in [0.3, 0.4) is 0 Å². The van der Waals surface area contributed by atoms with E-state index in [1.165, 1.54) is 19.1 Å². The van der Waals surface area contributed by atoms with Crippen LogP contribution in [0.2, 0.25) is 0 Å². The summed E-state index contributed by atoms with van der Waals surface area (Å²) in [5.74, 6) is 2.18. The second-order valence-electron chi connectivity index (χ2n) is 8.35. The van der Waals surface area contributed by atoms with Gasteiger partial charge in [0.25, 0.3) is 0 Å². The molecule has 1 saturated carbocycles. The van der Waals surface area contributed by atoms with Gasteiger partial charge in [0.15, 0.2) is 0 Å². The fourth-order valence-corrected chi connectivity index (χ4v) is 3.74. The molecule has 4 rings (SSSR count). The number of ether oxygens (including phenoxy) is 2. The first-order valence-electron chi connectivity index (χ1n) is 11.5. The van der Waals surface area contributed by atoms with E-state index in [9.17, 15) is 0 Å². The Morgan fingerprint density at radius 3 is 2.47 bits per heavy atom. The highest BCUT2D eigenvalue weighted by Crippen LogP contribution is 2.38. The molecule has 1 fully saturated rings. The minimum atomic E-state index is 0.661. The first-order valence-corrected chi connectivity index (χ1v) is 11.5. The van der Waals surface area contributed by atoms with Gasteiger partial charge >= 0.3 is 0 Å². The molecule has 178 valence electrons. The zero-order valence-electron chi connectivity index (χ0n) is 20.0. The number of aromatic nitrogens is 2. The van der Waals surface area contributed by atoms with E-state index in [2.05, 4.69) is 32.7 Å². The zero-order valence-corrected chi connectivity index (χ0v) is 20.0. The maximum Gasteiger partial charge on any atom is 0.124 e. The van der Waals surface area contributed by atoms with Crippen LogP contribution in [-0.2, 0) is 0 Å². The summed E-state index contributed by atoms with van der Waals surface area (Å²) in [7, 11) is 5.24. The van der Waals surface area contributed by atoms with E-state index < -0.39 is 0 Å². The van der Waals surface area contributed by atoms with Gasteiger partial charge in [-0.25, -0.2) is 4.98 Å². The van der Waals surface area contributed by atoms with Gasteiger partial charge in [-0.3, -0.25) is 4.98 Å². The van der Waals surface area contributed by atoms with Crippen LogP contribution in [0, 0.1) is 11.3 Å². The first kappa shape index (κ1) is 23.5. The topological polar surface area (TPSA) is 95.4 Å². The van der Waals surface area contributed by atoms with Crippen molar-refractivity contribution in [2.45, 2.75) is 12.8 Å². The van der Waals surface area contributed by atoms with E-state index in [1.54, 1.807) is 20.4 Å². The molecule has 1 aromatic heterocycles. The summed E-state index contributed by atoms with van der Waals surface area (Å²) in [5, 5.41) is 14.1. The van der Waals surface area contributed by atoms with Crippen molar-refractivity contribution in [3.63, 3.8) is 0 Å². The van der Waals surface area contributed by atoms with Gasteiger partial charge in [0, 0.05) is 67.2 Å². The van der Waals surface area contributed by atoms with Crippen LogP contribution < -0.4 is 25.0 Å². The molecule has 1 heterocycles. The van der Waals surface area contributed by atoms with Gasteiger partial charge in [-0.05, 0) is 44.0 Å². The van der Waals surface area contributed by atoms with Crippen molar-refractivity contribution in [1.82, 2.24) is 20.6 Å². The molecule has 1 aliphatic carbocycles. The van der Waals surface area contributed by atoms with Crippen LogP contribution in [-0.4, -0.2) is 57.1 Å². The van der Waals surface area contributed by atoms with Crippen molar-refractivity contribution in [3.8, 4) is 11.5 Å². The summed E-state index contributed by atoms with van der Waals surface area (Å²) in [4.78, 5) is 11.7. The van der Waals surface area contributed by atoms with Gasteiger partial charge < -0.3 is 30.4 Å². The Kier molecular flexibility index (Phi) is 7.59. The van der Waals surface area contributed by atoms with Crippen molar-refractivity contribution in [2.24, 2.45) is 5.92 Å². The Labute approximate surface area is 200 Å². The van der Waals surface area contributed by atoms with Crippen molar-refractivity contribution in [1.29, 1.82) is 5.41 Å². The summed E-state index contributed by atoms with van der Waals surface area (Å²) in [6.07, 6.45) is 7.31. The molecule has 3 N–H and O–H groups in total. The summed E-state index contributed by atoms with van der Waals surface area (Å²) < 4.78 is 11.0. The average molecular weight is 461 g/mol. The molecule has 0 amide bonds. The monoisotopic (exact) mass is 460 g/mol. The molecule has 2 aromatic carbocycles. The molecule has 8 nitrogen and oxygen atoms in total. The molecule has 34 heavy (non-hydrogen) atoms. The van der Waals surface area contributed by atoms with Crippen LogP contribution in [0.4, 0.5) is 11.4 Å². The van der Waals surface area contributed by atoms with Gasteiger partial charge in [0.05, 0.1) is 37.1 Å². The molecule has 0 aliphatic heterocycles. The van der Waals surface area contributed by atoms with E-state index in [4.69, 9.17) is 19.9 Å². The van der Waals surface area contributed by atoms with Gasteiger partial charge in [-0.15, -0.1) is 0 Å². The van der Waals surface area contributed by atoms with Crippen molar-refractivity contribution in [2.75, 3.05) is 45.8 Å².